The summed E-state index contributed by atoms with van der Waals surface area (Å²) in [6, 6.07) is 10.8. The highest BCUT2D eigenvalue weighted by atomic mass is 35.5. The summed E-state index contributed by atoms with van der Waals surface area (Å²) in [5, 5.41) is 3.45. The molecule has 0 amide bonds. The molecule has 0 aliphatic carbocycles. The number of sulfonamides is 1. The lowest BCUT2D eigenvalue weighted by atomic mass is 9.98. The molecule has 8 heteroatoms. The maximum Gasteiger partial charge on any atom is 0.243 e. The van der Waals surface area contributed by atoms with Crippen LogP contribution in [0.1, 0.15) is 16.7 Å². The number of halogens is 1. The number of thiazole rings is 1. The fourth-order valence-electron chi connectivity index (χ4n) is 4.00. The Kier molecular flexibility index (Phi) is 5.90. The van der Waals surface area contributed by atoms with Crippen molar-refractivity contribution in [2.24, 2.45) is 0 Å². The first kappa shape index (κ1) is 21.3. The van der Waals surface area contributed by atoms with Crippen LogP contribution in [0, 0.1) is 20.8 Å². The second-order valence-corrected chi connectivity index (χ2v) is 10.8. The third-order valence-electron chi connectivity index (χ3n) is 5.37. The summed E-state index contributed by atoms with van der Waals surface area (Å²) >= 11 is 7.59. The molecule has 30 heavy (non-hydrogen) atoms. The zero-order valence-electron chi connectivity index (χ0n) is 17.2. The fourth-order valence-corrected chi connectivity index (χ4v) is 6.60. The Morgan fingerprint density at radius 2 is 1.67 bits per heavy atom. The van der Waals surface area contributed by atoms with E-state index in [-0.39, 0.29) is 4.90 Å². The van der Waals surface area contributed by atoms with Gasteiger partial charge in [-0.2, -0.15) is 4.31 Å². The van der Waals surface area contributed by atoms with Gasteiger partial charge in [-0.3, -0.25) is 0 Å². The summed E-state index contributed by atoms with van der Waals surface area (Å²) in [5.74, 6) is 0. The van der Waals surface area contributed by atoms with Crippen LogP contribution in [0.5, 0.6) is 0 Å². The third-order valence-corrected chi connectivity index (χ3v) is 8.40. The molecule has 2 heterocycles. The Morgan fingerprint density at radius 3 is 2.30 bits per heavy atom. The van der Waals surface area contributed by atoms with Crippen molar-refractivity contribution < 1.29 is 8.42 Å². The van der Waals surface area contributed by atoms with Crippen LogP contribution in [0.4, 0.5) is 5.13 Å². The molecule has 1 fully saturated rings. The third kappa shape index (κ3) is 4.12. The van der Waals surface area contributed by atoms with Crippen LogP contribution in [0.3, 0.4) is 0 Å². The molecular formula is C22H24ClN3O2S2. The monoisotopic (exact) mass is 461 g/mol. The van der Waals surface area contributed by atoms with Crippen LogP contribution in [-0.2, 0) is 10.0 Å². The minimum absolute atomic E-state index is 0.241. The van der Waals surface area contributed by atoms with Crippen molar-refractivity contribution in [2.45, 2.75) is 25.7 Å². The average Bonchev–Trinajstić information content (AvgIpc) is 3.17. The first-order valence-corrected chi connectivity index (χ1v) is 12.5. The number of anilines is 1. The van der Waals surface area contributed by atoms with Crippen LogP contribution in [0.25, 0.3) is 11.3 Å². The van der Waals surface area contributed by atoms with Crippen LogP contribution >= 0.6 is 22.9 Å². The average molecular weight is 462 g/mol. The summed E-state index contributed by atoms with van der Waals surface area (Å²) in [7, 11) is -3.54. The summed E-state index contributed by atoms with van der Waals surface area (Å²) in [6.45, 7) is 8.41. The number of benzene rings is 2. The van der Waals surface area contributed by atoms with Gasteiger partial charge in [0.15, 0.2) is 5.13 Å². The lowest BCUT2D eigenvalue weighted by Gasteiger charge is -2.33. The van der Waals surface area contributed by atoms with Crippen LogP contribution < -0.4 is 4.90 Å². The second-order valence-electron chi connectivity index (χ2n) is 7.64. The Morgan fingerprint density at radius 1 is 1.00 bits per heavy atom. The highest BCUT2D eigenvalue weighted by molar-refractivity contribution is 7.89. The molecule has 0 saturated carbocycles. The van der Waals surface area contributed by atoms with E-state index >= 15 is 0 Å². The SMILES string of the molecule is Cc1cc(C)c(-c2csc(N3CCN(S(=O)(=O)c4cccc(Cl)c4)CC3)n2)c(C)c1. The molecule has 4 rings (SSSR count). The molecule has 0 atom stereocenters. The number of rotatable bonds is 4. The molecule has 158 valence electrons. The Bertz CT molecular complexity index is 1160. The van der Waals surface area contributed by atoms with E-state index < -0.39 is 10.0 Å². The van der Waals surface area contributed by atoms with Gasteiger partial charge in [0.2, 0.25) is 10.0 Å². The molecule has 1 aromatic heterocycles. The standard InChI is InChI=1S/C22H24ClN3O2S2/c1-15-11-16(2)21(17(3)12-15)20-14-29-22(24-20)25-7-9-26(10-8-25)30(27,28)19-6-4-5-18(23)13-19/h4-6,11-14H,7-10H2,1-3H3. The maximum absolute atomic E-state index is 12.9. The largest absolute Gasteiger partial charge is 0.345 e. The topological polar surface area (TPSA) is 53.5 Å². The minimum atomic E-state index is -3.54. The molecule has 1 saturated heterocycles. The molecule has 0 spiro atoms. The summed E-state index contributed by atoms with van der Waals surface area (Å²) in [4.78, 5) is 7.28. The van der Waals surface area contributed by atoms with E-state index in [0.29, 0.717) is 31.2 Å². The van der Waals surface area contributed by atoms with Crippen molar-refractivity contribution in [3.63, 3.8) is 0 Å². The van der Waals surface area contributed by atoms with E-state index in [1.165, 1.54) is 32.6 Å². The van der Waals surface area contributed by atoms with E-state index in [4.69, 9.17) is 16.6 Å². The molecule has 5 nitrogen and oxygen atoms in total. The van der Waals surface area contributed by atoms with E-state index in [1.807, 2.05) is 0 Å². The second kappa shape index (κ2) is 8.30. The summed E-state index contributed by atoms with van der Waals surface area (Å²) in [5.41, 5.74) is 5.87. The van der Waals surface area contributed by atoms with Crippen molar-refractivity contribution in [1.29, 1.82) is 0 Å². The molecule has 2 aromatic carbocycles. The van der Waals surface area contributed by atoms with Crippen LogP contribution in [0.15, 0.2) is 46.7 Å². The fraction of sp³-hybridized carbons (Fsp3) is 0.318. The summed E-state index contributed by atoms with van der Waals surface area (Å²) < 4.78 is 27.3. The van der Waals surface area contributed by atoms with E-state index in [0.717, 1.165) is 10.8 Å². The van der Waals surface area contributed by atoms with Gasteiger partial charge in [-0.1, -0.05) is 35.4 Å². The molecule has 1 aliphatic heterocycles. The predicted octanol–water partition coefficient (Wildman–Crippen LogP) is 4.90. The van der Waals surface area contributed by atoms with Crippen molar-refractivity contribution in [3.8, 4) is 11.3 Å². The molecule has 1 aliphatic rings. The molecule has 3 aromatic rings. The van der Waals surface area contributed by atoms with E-state index in [1.54, 1.807) is 29.5 Å². The van der Waals surface area contributed by atoms with Gasteiger partial charge in [-0.25, -0.2) is 13.4 Å². The molecule has 0 unspecified atom stereocenters. The van der Waals surface area contributed by atoms with Gasteiger partial charge in [0.25, 0.3) is 0 Å². The first-order valence-electron chi connectivity index (χ1n) is 9.80. The van der Waals surface area contributed by atoms with Gasteiger partial charge >= 0.3 is 0 Å². The lowest BCUT2D eigenvalue weighted by Crippen LogP contribution is -2.48. The Balaban J connectivity index is 1.49. The minimum Gasteiger partial charge on any atom is -0.345 e. The van der Waals surface area contributed by atoms with Crippen molar-refractivity contribution in [2.75, 3.05) is 31.1 Å². The maximum atomic E-state index is 12.9. The molecular weight excluding hydrogens is 438 g/mol. The normalized spacial score (nSPS) is 15.5. The zero-order chi connectivity index (χ0) is 21.5. The number of aryl methyl sites for hydroxylation is 3. The summed E-state index contributed by atoms with van der Waals surface area (Å²) in [6.07, 6.45) is 0. The van der Waals surface area contributed by atoms with E-state index in [2.05, 4.69) is 43.2 Å². The van der Waals surface area contributed by atoms with Gasteiger partial charge in [0.1, 0.15) is 0 Å². The van der Waals surface area contributed by atoms with Gasteiger partial charge < -0.3 is 4.90 Å². The highest BCUT2D eigenvalue weighted by Gasteiger charge is 2.29. The van der Waals surface area contributed by atoms with Gasteiger partial charge in [-0.15, -0.1) is 11.3 Å². The van der Waals surface area contributed by atoms with E-state index in [9.17, 15) is 8.42 Å². The Labute approximate surface area is 187 Å². The van der Waals surface area contributed by atoms with Gasteiger partial charge in [0.05, 0.1) is 10.6 Å². The highest BCUT2D eigenvalue weighted by Crippen LogP contribution is 2.33. The number of hydrogen-bond acceptors (Lipinski definition) is 5. The lowest BCUT2D eigenvalue weighted by molar-refractivity contribution is 0.385. The predicted molar refractivity (Wildman–Crippen MR) is 124 cm³/mol. The number of hydrogen-bond donors (Lipinski definition) is 0. The molecule has 0 radical (unpaired) electrons. The number of nitrogens with zero attached hydrogens (tertiary/aromatic N) is 3. The van der Waals surface area contributed by atoms with Crippen molar-refractivity contribution in [3.05, 3.63) is 63.5 Å². The van der Waals surface area contributed by atoms with Crippen molar-refractivity contribution in [1.82, 2.24) is 9.29 Å². The van der Waals surface area contributed by atoms with Gasteiger partial charge in [-0.05, 0) is 50.1 Å². The zero-order valence-corrected chi connectivity index (χ0v) is 19.6. The smallest absolute Gasteiger partial charge is 0.243 e. The van der Waals surface area contributed by atoms with Gasteiger partial charge in [0, 0.05) is 42.1 Å². The molecule has 0 N–H and O–H groups in total. The van der Waals surface area contributed by atoms with Crippen LogP contribution in [0.2, 0.25) is 5.02 Å². The number of aromatic nitrogens is 1. The van der Waals surface area contributed by atoms with Crippen LogP contribution in [-0.4, -0.2) is 43.9 Å². The Hall–Kier alpha value is -1.93. The number of piperazine rings is 1. The first-order chi connectivity index (χ1) is 14.3. The van der Waals surface area contributed by atoms with Crippen molar-refractivity contribution >= 4 is 38.1 Å². The molecule has 0 bridgehead atoms. The quantitative estimate of drug-likeness (QED) is 0.554.